The number of nitrogens with two attached hydrogens (primary N) is 1. The molecule has 1 unspecified atom stereocenters. The summed E-state index contributed by atoms with van der Waals surface area (Å²) >= 11 is 5.17. The van der Waals surface area contributed by atoms with E-state index in [2.05, 4.69) is 19.9 Å². The van der Waals surface area contributed by atoms with Crippen molar-refractivity contribution >= 4 is 41.3 Å². The number of nitrogens with zero attached hydrogens (tertiary/aromatic N) is 7. The van der Waals surface area contributed by atoms with E-state index in [9.17, 15) is 30.1 Å². The van der Waals surface area contributed by atoms with E-state index in [1.165, 1.54) is 50.8 Å². The Morgan fingerprint density at radius 2 is 1.80 bits per heavy atom. The summed E-state index contributed by atoms with van der Waals surface area (Å²) in [6, 6.07) is 1.24. The number of hydrogen-bond donors (Lipinski definition) is 6. The lowest BCUT2D eigenvalue weighted by molar-refractivity contribution is -0.0574. The highest BCUT2D eigenvalue weighted by molar-refractivity contribution is 8.07. The summed E-state index contributed by atoms with van der Waals surface area (Å²) < 4.78 is 26.6. The molecule has 0 amide bonds. The van der Waals surface area contributed by atoms with Crippen molar-refractivity contribution in [2.24, 2.45) is 0 Å². The second kappa shape index (κ2) is 10.7. The third-order valence-corrected chi connectivity index (χ3v) is 8.45. The average Bonchev–Trinajstić information content (AvgIpc) is 3.72. The zero-order chi connectivity index (χ0) is 29.1. The smallest absolute Gasteiger partial charge is 0.325 e. The van der Waals surface area contributed by atoms with Crippen LogP contribution in [0.25, 0.3) is 16.9 Å². The Kier molecular flexibility index (Phi) is 7.37. The summed E-state index contributed by atoms with van der Waals surface area (Å²) in [7, 11) is 0. The van der Waals surface area contributed by atoms with Crippen LogP contribution >= 0.6 is 6.72 Å². The fourth-order valence-corrected chi connectivity index (χ4v) is 6.27. The monoisotopic (exact) mass is 612 g/mol. The molecule has 2 aliphatic rings. The molecule has 4 aromatic rings. The van der Waals surface area contributed by atoms with E-state index in [0.717, 1.165) is 0 Å². The van der Waals surface area contributed by atoms with Gasteiger partial charge in [0, 0.05) is 24.7 Å². The van der Waals surface area contributed by atoms with Crippen LogP contribution in [0, 0.1) is 0 Å². The number of aliphatic hydroxyl groups excluding tert-OH is 4. The average molecular weight is 613 g/mol. The molecule has 0 aromatic carbocycles. The fraction of sp³-hybridized carbons (Fsp3) is 0.476. The van der Waals surface area contributed by atoms with E-state index < -0.39 is 69.0 Å². The van der Waals surface area contributed by atoms with Crippen molar-refractivity contribution in [3.8, 4) is 0 Å². The number of rotatable bonds is 8. The summed E-state index contributed by atoms with van der Waals surface area (Å²) in [6.45, 7) is -5.27. The van der Waals surface area contributed by atoms with E-state index in [-0.39, 0.29) is 28.3 Å². The van der Waals surface area contributed by atoms with Gasteiger partial charge in [0.05, 0.1) is 19.5 Å². The Labute approximate surface area is 234 Å². The zero-order valence-electron chi connectivity index (χ0n) is 20.8. The molecule has 220 valence electrons. The molecule has 20 heteroatoms. The van der Waals surface area contributed by atoms with Gasteiger partial charge in [0.15, 0.2) is 23.9 Å². The molecular weight excluding hydrogens is 587 g/mol. The van der Waals surface area contributed by atoms with Crippen LogP contribution in [0.1, 0.15) is 12.5 Å². The van der Waals surface area contributed by atoms with Crippen molar-refractivity contribution < 1.29 is 43.8 Å². The maximum absolute atomic E-state index is 12.2. The summed E-state index contributed by atoms with van der Waals surface area (Å²) in [4.78, 5) is 39.3. The van der Waals surface area contributed by atoms with Crippen LogP contribution in [-0.4, -0.2) is 109 Å². The van der Waals surface area contributed by atoms with Crippen molar-refractivity contribution in [1.82, 2.24) is 33.5 Å². The molecule has 18 nitrogen and oxygen atoms in total. The third-order valence-electron chi connectivity index (χ3n) is 6.89. The Hall–Kier alpha value is -2.94. The standard InChI is InChI=1S/C21H25N8O10PS/c22-17-12-18(25-7-24-17)29(8-26-12)19-15(34)13(32)10(38-19)6-36-40(35,41)39-16-14(33)9(5-30)37-20(16)28-3-1-11(31)27-4-2-23-21(27)28/h1-4,7-10,13-16,19-20,30,32-34H,5-6H2,(H,35,41)(H2,22,24,25)/t9-,10-,13-,14-,15-,16-,19-,20-,40?/m1/s1. The van der Waals surface area contributed by atoms with E-state index in [1.807, 2.05) is 0 Å². The van der Waals surface area contributed by atoms with Gasteiger partial charge in [-0.05, 0) is 11.8 Å². The molecule has 2 fully saturated rings. The van der Waals surface area contributed by atoms with Gasteiger partial charge >= 0.3 is 6.72 Å². The minimum absolute atomic E-state index is 0.121. The zero-order valence-corrected chi connectivity index (χ0v) is 22.5. The Balaban J connectivity index is 1.18. The predicted molar refractivity (Wildman–Crippen MR) is 139 cm³/mol. The van der Waals surface area contributed by atoms with Crippen LogP contribution in [0.3, 0.4) is 0 Å². The van der Waals surface area contributed by atoms with Crippen molar-refractivity contribution in [2.45, 2.75) is 49.1 Å². The van der Waals surface area contributed by atoms with Gasteiger partial charge in [-0.2, -0.15) is 0 Å². The van der Waals surface area contributed by atoms with Crippen molar-refractivity contribution in [3.63, 3.8) is 0 Å². The second-order valence-corrected chi connectivity index (χ2v) is 12.2. The molecule has 2 aliphatic heterocycles. The molecule has 7 N–H and O–H groups in total. The SMILES string of the molecule is Nc1ncnc2c1ncn2[C@@H]1O[C@H](COP(O)(=S)O[C@@H]2[C@H](O)[C@@H](CO)O[C@H]2n2ccc(=O)n3ccnc23)[C@@H](O)[C@H]1O. The van der Waals surface area contributed by atoms with Gasteiger partial charge < -0.3 is 45.1 Å². The molecule has 6 rings (SSSR count). The molecule has 0 spiro atoms. The first kappa shape index (κ1) is 28.2. The number of nitrogen functional groups attached to an aromatic ring is 1. The maximum Gasteiger partial charge on any atom is 0.325 e. The summed E-state index contributed by atoms with van der Waals surface area (Å²) in [6.07, 6.45) is -3.58. The second-order valence-electron chi connectivity index (χ2n) is 9.36. The highest BCUT2D eigenvalue weighted by atomic mass is 32.5. The van der Waals surface area contributed by atoms with Crippen molar-refractivity contribution in [1.29, 1.82) is 0 Å². The molecule has 9 atom stereocenters. The molecule has 6 heterocycles. The van der Waals surface area contributed by atoms with Gasteiger partial charge in [0.2, 0.25) is 5.78 Å². The number of aromatic nitrogens is 7. The molecular formula is C21H25N8O10PS. The van der Waals surface area contributed by atoms with E-state index in [1.54, 1.807) is 0 Å². The summed E-state index contributed by atoms with van der Waals surface area (Å²) in [5, 5.41) is 41.8. The first-order valence-corrected chi connectivity index (χ1v) is 14.8. The van der Waals surface area contributed by atoms with Crippen molar-refractivity contribution in [2.75, 3.05) is 18.9 Å². The van der Waals surface area contributed by atoms with Crippen LogP contribution in [0.4, 0.5) is 5.82 Å². The highest BCUT2D eigenvalue weighted by Gasteiger charge is 2.49. The lowest BCUT2D eigenvalue weighted by atomic mass is 10.1. The van der Waals surface area contributed by atoms with Gasteiger partial charge in [-0.3, -0.25) is 22.9 Å². The Bertz CT molecular complexity index is 1680. The summed E-state index contributed by atoms with van der Waals surface area (Å²) in [5.74, 6) is 0.269. The highest BCUT2D eigenvalue weighted by Crippen LogP contribution is 2.50. The largest absolute Gasteiger partial charge is 0.394 e. The van der Waals surface area contributed by atoms with E-state index >= 15 is 0 Å². The van der Waals surface area contributed by atoms with Crippen LogP contribution in [0.2, 0.25) is 0 Å². The van der Waals surface area contributed by atoms with Gasteiger partial charge in [-0.1, -0.05) is 0 Å². The van der Waals surface area contributed by atoms with Crippen LogP contribution < -0.4 is 11.3 Å². The molecule has 0 radical (unpaired) electrons. The lowest BCUT2D eigenvalue weighted by Crippen LogP contribution is -2.36. The van der Waals surface area contributed by atoms with Gasteiger partial charge in [0.25, 0.3) is 5.56 Å². The van der Waals surface area contributed by atoms with Gasteiger partial charge in [0.1, 0.15) is 48.5 Å². The summed E-state index contributed by atoms with van der Waals surface area (Å²) in [5.41, 5.74) is 5.99. The minimum atomic E-state index is -4.17. The number of aliphatic hydroxyl groups is 4. The van der Waals surface area contributed by atoms with Crippen LogP contribution in [0.15, 0.2) is 42.1 Å². The first-order valence-electron chi connectivity index (χ1n) is 12.2. The minimum Gasteiger partial charge on any atom is -0.394 e. The van der Waals surface area contributed by atoms with E-state index in [0.29, 0.717) is 0 Å². The molecule has 41 heavy (non-hydrogen) atoms. The predicted octanol–water partition coefficient (Wildman–Crippen LogP) is -2.59. The molecule has 0 saturated carbocycles. The number of hydrogen-bond acceptors (Lipinski definition) is 15. The van der Waals surface area contributed by atoms with Crippen molar-refractivity contribution in [3.05, 3.63) is 47.7 Å². The quantitative estimate of drug-likeness (QED) is 0.112. The number of fused-ring (bicyclic) bond motifs is 2. The van der Waals surface area contributed by atoms with Gasteiger partial charge in [-0.15, -0.1) is 0 Å². The molecule has 4 aromatic heterocycles. The topological polar surface area (TPSA) is 247 Å². The normalized spacial score (nSPS) is 31.7. The fourth-order valence-electron chi connectivity index (χ4n) is 4.86. The Morgan fingerprint density at radius 3 is 2.59 bits per heavy atom. The van der Waals surface area contributed by atoms with E-state index in [4.69, 9.17) is 36.1 Å². The molecule has 0 aliphatic carbocycles. The number of anilines is 1. The molecule has 2 saturated heterocycles. The number of imidazole rings is 2. The Morgan fingerprint density at radius 1 is 1.02 bits per heavy atom. The lowest BCUT2D eigenvalue weighted by Gasteiger charge is -2.27. The van der Waals surface area contributed by atoms with Crippen LogP contribution in [-0.2, 0) is 30.3 Å². The molecule has 0 bridgehead atoms. The number of ether oxygens (including phenoxy) is 2. The van der Waals surface area contributed by atoms with Gasteiger partial charge in [-0.25, -0.2) is 19.9 Å². The van der Waals surface area contributed by atoms with Crippen LogP contribution in [0.5, 0.6) is 0 Å². The third kappa shape index (κ3) is 4.94. The first-order chi connectivity index (χ1) is 19.6. The maximum atomic E-state index is 12.2.